The molecule has 0 aliphatic rings. The summed E-state index contributed by atoms with van der Waals surface area (Å²) in [4.78, 5) is 55.7. The summed E-state index contributed by atoms with van der Waals surface area (Å²) in [7, 11) is 1.15. The Hall–Kier alpha value is -4.42. The molecular weight excluding hydrogens is 535 g/mol. The predicted octanol–water partition coefficient (Wildman–Crippen LogP) is 3.59. The smallest absolute Gasteiger partial charge is 0.411 e. The lowest BCUT2D eigenvalue weighted by Crippen LogP contribution is -2.47. The van der Waals surface area contributed by atoms with Crippen LogP contribution in [-0.2, 0) is 26.9 Å². The summed E-state index contributed by atoms with van der Waals surface area (Å²) in [5.74, 6) is -1.88. The molecule has 220 valence electrons. The summed E-state index contributed by atoms with van der Waals surface area (Å²) in [6.07, 6.45) is 0.338. The predicted molar refractivity (Wildman–Crippen MR) is 147 cm³/mol. The van der Waals surface area contributed by atoms with E-state index in [-0.39, 0.29) is 29.2 Å². The summed E-state index contributed by atoms with van der Waals surface area (Å²) in [6.45, 7) is 12.0. The van der Waals surface area contributed by atoms with Crippen molar-refractivity contribution in [3.63, 3.8) is 0 Å². The molecule has 0 saturated heterocycles. The lowest BCUT2D eigenvalue weighted by atomic mass is 9.84. The number of hydrogen-bond acceptors (Lipinski definition) is 9. The zero-order chi connectivity index (χ0) is 30.7. The second-order valence-electron chi connectivity index (χ2n) is 11.5. The number of rotatable bonds is 9. The third kappa shape index (κ3) is 7.02. The van der Waals surface area contributed by atoms with Crippen molar-refractivity contribution in [2.24, 2.45) is 5.92 Å². The van der Waals surface area contributed by atoms with E-state index in [1.807, 2.05) is 20.8 Å². The van der Waals surface area contributed by atoms with Gasteiger partial charge in [-0.1, -0.05) is 46.8 Å². The van der Waals surface area contributed by atoms with Gasteiger partial charge in [-0.05, 0) is 37.5 Å². The zero-order valence-electron chi connectivity index (χ0n) is 24.4. The molecule has 0 fully saturated rings. The van der Waals surface area contributed by atoms with Crippen LogP contribution >= 0.6 is 0 Å². The van der Waals surface area contributed by atoms with Gasteiger partial charge in [0.25, 0.3) is 11.4 Å². The number of ether oxygens (including phenoxy) is 1. The fraction of sp³-hybridized carbons (Fsp3) is 0.464. The van der Waals surface area contributed by atoms with Gasteiger partial charge in [-0.3, -0.25) is 24.3 Å². The molecule has 0 bridgehead atoms. The van der Waals surface area contributed by atoms with Gasteiger partial charge < -0.3 is 14.5 Å². The Kier molecular flexibility index (Phi) is 9.09. The van der Waals surface area contributed by atoms with Crippen LogP contribution in [0.1, 0.15) is 76.4 Å². The average molecular weight is 571 g/mol. The third-order valence-corrected chi connectivity index (χ3v) is 6.44. The Morgan fingerprint density at radius 2 is 1.71 bits per heavy atom. The number of aromatic nitrogens is 4. The Labute approximate surface area is 236 Å². The van der Waals surface area contributed by atoms with Crippen LogP contribution < -0.4 is 16.2 Å². The number of amides is 2. The maximum atomic E-state index is 13.4. The number of hydrogen-bond donors (Lipinski definition) is 2. The van der Waals surface area contributed by atoms with Crippen LogP contribution in [0.5, 0.6) is 0 Å². The van der Waals surface area contributed by atoms with Gasteiger partial charge in [0.2, 0.25) is 17.6 Å². The van der Waals surface area contributed by atoms with Crippen LogP contribution in [0.4, 0.5) is 14.9 Å². The Balaban J connectivity index is 1.86. The molecular formula is C28H35FN6O6. The highest BCUT2D eigenvalue weighted by Crippen LogP contribution is 2.31. The number of halogens is 1. The molecule has 12 nitrogen and oxygen atoms in total. The van der Waals surface area contributed by atoms with Gasteiger partial charge in [0, 0.05) is 5.41 Å². The molecule has 0 radical (unpaired) electrons. The lowest BCUT2D eigenvalue weighted by molar-refractivity contribution is -0.122. The summed E-state index contributed by atoms with van der Waals surface area (Å²) < 4.78 is 24.8. The molecule has 0 saturated carbocycles. The highest BCUT2D eigenvalue weighted by atomic mass is 19.1. The maximum Gasteiger partial charge on any atom is 0.411 e. The molecule has 2 amide bonds. The molecule has 2 heterocycles. The Bertz CT molecular complexity index is 1490. The first-order chi connectivity index (χ1) is 19.1. The molecule has 2 aromatic heterocycles. The fourth-order valence-electron chi connectivity index (χ4n) is 4.08. The first-order valence-corrected chi connectivity index (χ1v) is 12.9. The Morgan fingerprint density at radius 3 is 2.27 bits per heavy atom. The Morgan fingerprint density at radius 1 is 1.07 bits per heavy atom. The molecule has 0 spiro atoms. The first-order valence-electron chi connectivity index (χ1n) is 12.9. The quantitative estimate of drug-likeness (QED) is 0.367. The molecule has 2 N–H and O–H groups in total. The van der Waals surface area contributed by atoms with Crippen molar-refractivity contribution in [1.29, 1.82) is 0 Å². The van der Waals surface area contributed by atoms with Gasteiger partial charge in [-0.2, -0.15) is 0 Å². The lowest BCUT2D eigenvalue weighted by Gasteiger charge is -2.24. The topological polar surface area (TPSA) is 158 Å². The number of methoxy groups -OCH3 is 1. The molecule has 0 aliphatic heterocycles. The van der Waals surface area contributed by atoms with E-state index in [2.05, 4.69) is 30.6 Å². The molecule has 1 aromatic carbocycles. The minimum atomic E-state index is -1.05. The van der Waals surface area contributed by atoms with Gasteiger partial charge in [0.05, 0.1) is 24.8 Å². The van der Waals surface area contributed by atoms with Crippen molar-refractivity contribution in [3.05, 3.63) is 69.8 Å². The van der Waals surface area contributed by atoms with E-state index in [4.69, 9.17) is 4.42 Å². The van der Waals surface area contributed by atoms with E-state index in [1.165, 1.54) is 18.3 Å². The molecule has 0 aliphatic carbocycles. The van der Waals surface area contributed by atoms with Crippen LogP contribution in [0, 0.1) is 11.7 Å². The van der Waals surface area contributed by atoms with Crippen LogP contribution in [0.2, 0.25) is 0 Å². The van der Waals surface area contributed by atoms with Crippen molar-refractivity contribution in [2.45, 2.75) is 71.9 Å². The highest BCUT2D eigenvalue weighted by Gasteiger charge is 2.34. The molecule has 1 atom stereocenters. The molecule has 3 aromatic rings. The van der Waals surface area contributed by atoms with Crippen LogP contribution in [0.15, 0.2) is 39.7 Å². The standard InChI is InChI=1S/C28H35FN6O6/c1-15(2)20(21(37)22-33-34-25(41-22)28(6,7)16-9-11-17(29)12-10-16)32-19(36)14-35-23(38)18(31-26(39)40-8)13-30-24(35)27(3,4)5/h9-13,15,20H,14H2,1-8H3,(H,31,39)(H,32,36)/t20-/m0/s1. The summed E-state index contributed by atoms with van der Waals surface area (Å²) in [6, 6.07) is 4.77. The minimum Gasteiger partial charge on any atom is -0.453 e. The number of benzene rings is 1. The van der Waals surface area contributed by atoms with Gasteiger partial charge in [0.1, 0.15) is 23.9 Å². The number of nitrogens with one attached hydrogen (secondary N) is 2. The highest BCUT2D eigenvalue weighted by molar-refractivity contribution is 5.98. The SMILES string of the molecule is COC(=O)Nc1cnc(C(C)(C)C)n(CC(=O)N[C@H](C(=O)c2nnc(C(C)(C)c3ccc(F)cc3)o2)C(C)C)c1=O. The second-order valence-corrected chi connectivity index (χ2v) is 11.5. The normalized spacial score (nSPS) is 12.6. The second kappa shape index (κ2) is 12.0. The molecule has 3 rings (SSSR count). The van der Waals surface area contributed by atoms with Gasteiger partial charge in [-0.15, -0.1) is 10.2 Å². The summed E-state index contributed by atoms with van der Waals surface area (Å²) in [5, 5.41) is 12.9. The van der Waals surface area contributed by atoms with Crippen molar-refractivity contribution in [3.8, 4) is 0 Å². The van der Waals surface area contributed by atoms with Crippen LogP contribution in [0.25, 0.3) is 0 Å². The number of anilines is 1. The number of carbonyl (C=O) groups excluding carboxylic acids is 3. The van der Waals surface area contributed by atoms with Crippen molar-refractivity contribution < 1.29 is 27.9 Å². The van der Waals surface area contributed by atoms with Crippen LogP contribution in [-0.4, -0.2) is 50.7 Å². The van der Waals surface area contributed by atoms with Gasteiger partial charge in [0.15, 0.2) is 0 Å². The van der Waals surface area contributed by atoms with Crippen molar-refractivity contribution in [1.82, 2.24) is 25.1 Å². The summed E-state index contributed by atoms with van der Waals surface area (Å²) in [5.41, 5.74) is -1.59. The zero-order valence-corrected chi connectivity index (χ0v) is 24.4. The minimum absolute atomic E-state index is 0.142. The molecule has 13 heteroatoms. The van der Waals surface area contributed by atoms with Crippen LogP contribution in [0.3, 0.4) is 0 Å². The van der Waals surface area contributed by atoms with E-state index >= 15 is 0 Å². The van der Waals surface area contributed by atoms with Crippen molar-refractivity contribution in [2.75, 3.05) is 12.4 Å². The first kappa shape index (κ1) is 31.1. The number of nitrogens with zero attached hydrogens (tertiary/aromatic N) is 4. The molecule has 0 unspecified atom stereocenters. The summed E-state index contributed by atoms with van der Waals surface area (Å²) >= 11 is 0. The fourth-order valence-corrected chi connectivity index (χ4v) is 4.08. The van der Waals surface area contributed by atoms with E-state index in [1.54, 1.807) is 39.8 Å². The van der Waals surface area contributed by atoms with E-state index in [9.17, 15) is 23.6 Å². The van der Waals surface area contributed by atoms with Crippen molar-refractivity contribution >= 4 is 23.5 Å². The maximum absolute atomic E-state index is 13.4. The number of ketones is 1. The van der Waals surface area contributed by atoms with E-state index in [0.29, 0.717) is 11.4 Å². The third-order valence-electron chi connectivity index (χ3n) is 6.44. The van der Waals surface area contributed by atoms with E-state index < -0.39 is 46.8 Å². The van der Waals surface area contributed by atoms with Gasteiger partial charge >= 0.3 is 6.09 Å². The number of carbonyl (C=O) groups is 3. The number of Topliss-reactive ketones (excluding diaryl/α,β-unsaturated/α-hetero) is 1. The van der Waals surface area contributed by atoms with Gasteiger partial charge in [-0.25, -0.2) is 14.2 Å². The molecule has 41 heavy (non-hydrogen) atoms. The van der Waals surface area contributed by atoms with E-state index in [0.717, 1.165) is 11.7 Å². The largest absolute Gasteiger partial charge is 0.453 e. The monoisotopic (exact) mass is 570 g/mol. The average Bonchev–Trinajstić information content (AvgIpc) is 3.40.